The number of aliphatic hydroxyl groups excluding tert-OH is 1. The summed E-state index contributed by atoms with van der Waals surface area (Å²) in [5.74, 6) is -1.37. The fraction of sp³-hybridized carbons (Fsp3) is 0.200. The average molecular weight is 501 g/mol. The fourth-order valence-electron chi connectivity index (χ4n) is 4.00. The van der Waals surface area contributed by atoms with Gasteiger partial charge in [-0.1, -0.05) is 35.3 Å². The average Bonchev–Trinajstić information content (AvgIpc) is 3.40. The number of nitrogens with zero attached hydrogens (tertiary/aromatic N) is 2. The number of methoxy groups -OCH3 is 1. The van der Waals surface area contributed by atoms with Crippen molar-refractivity contribution in [2.45, 2.75) is 12.6 Å². The number of hydrogen-bond donors (Lipinski definition) is 1. The van der Waals surface area contributed by atoms with Crippen LogP contribution in [0.1, 0.15) is 22.9 Å². The summed E-state index contributed by atoms with van der Waals surface area (Å²) >= 11 is 12.4. The second-order valence-corrected chi connectivity index (χ2v) is 8.80. The Bertz CT molecular complexity index is 1270. The number of benzene rings is 2. The molecule has 0 radical (unpaired) electrons. The first-order valence-electron chi connectivity index (χ1n) is 10.3. The molecule has 1 atom stereocenters. The van der Waals surface area contributed by atoms with Crippen molar-refractivity contribution in [2.75, 3.05) is 26.1 Å². The Morgan fingerprint density at radius 2 is 1.85 bits per heavy atom. The summed E-state index contributed by atoms with van der Waals surface area (Å²) < 4.78 is 10.8. The molecule has 1 unspecified atom stereocenters. The number of aliphatic hydroxyl groups is 1. The van der Waals surface area contributed by atoms with E-state index < -0.39 is 23.5 Å². The number of amides is 1. The smallest absolute Gasteiger partial charge is 0.296 e. The molecule has 0 bridgehead atoms. The van der Waals surface area contributed by atoms with Gasteiger partial charge in [0.25, 0.3) is 11.7 Å². The molecule has 1 saturated heterocycles. The molecule has 1 aliphatic rings. The predicted octanol–water partition coefficient (Wildman–Crippen LogP) is 5.28. The van der Waals surface area contributed by atoms with Gasteiger partial charge in [-0.3, -0.25) is 9.59 Å². The lowest BCUT2D eigenvalue weighted by atomic mass is 9.94. The van der Waals surface area contributed by atoms with Gasteiger partial charge in [-0.05, 0) is 42.0 Å². The fourth-order valence-corrected chi connectivity index (χ4v) is 4.57. The number of Topliss-reactive ketones (excluding diaryl/α,β-unsaturated/α-hetero) is 1. The van der Waals surface area contributed by atoms with Crippen LogP contribution in [0.15, 0.2) is 64.8 Å². The Labute approximate surface area is 206 Å². The molecule has 176 valence electrons. The summed E-state index contributed by atoms with van der Waals surface area (Å²) in [6.45, 7) is 0.0435. The first-order chi connectivity index (χ1) is 16.2. The molecule has 0 spiro atoms. The number of carbonyl (C=O) groups excluding carboxylic acids is 2. The molecule has 9 heteroatoms. The number of anilines is 1. The van der Waals surface area contributed by atoms with Gasteiger partial charge in [-0.15, -0.1) is 0 Å². The first kappa shape index (κ1) is 23.7. The van der Waals surface area contributed by atoms with Crippen LogP contribution in [-0.2, 0) is 16.1 Å². The lowest BCUT2D eigenvalue weighted by Gasteiger charge is -2.25. The van der Waals surface area contributed by atoms with E-state index in [0.29, 0.717) is 11.3 Å². The SMILES string of the molecule is COc1c(Cl)cc(Cl)cc1/C(O)=C1\C(=O)C(=O)N(Cc2ccco2)C1c1ccc(N(C)C)cc1. The van der Waals surface area contributed by atoms with Crippen molar-refractivity contribution < 1.29 is 23.8 Å². The Morgan fingerprint density at radius 3 is 2.44 bits per heavy atom. The molecule has 4 rings (SSSR count). The van der Waals surface area contributed by atoms with E-state index in [0.717, 1.165) is 5.69 Å². The van der Waals surface area contributed by atoms with Crippen LogP contribution in [0, 0.1) is 0 Å². The standard InChI is InChI=1S/C25H22Cl2N2O5/c1-28(2)16-8-6-14(7-9-16)21-20(22(30)18-11-15(26)12-19(27)24(18)33-3)23(31)25(32)29(21)13-17-5-4-10-34-17/h4-12,21,30H,13H2,1-3H3/b22-20+. The van der Waals surface area contributed by atoms with Gasteiger partial charge < -0.3 is 24.1 Å². The van der Waals surface area contributed by atoms with Crippen molar-refractivity contribution in [1.29, 1.82) is 0 Å². The van der Waals surface area contributed by atoms with Crippen molar-refractivity contribution in [1.82, 2.24) is 4.90 Å². The number of ketones is 1. The minimum Gasteiger partial charge on any atom is -0.507 e. The van der Waals surface area contributed by atoms with Gasteiger partial charge in [-0.2, -0.15) is 0 Å². The maximum absolute atomic E-state index is 13.2. The molecular formula is C25H22Cl2N2O5. The molecular weight excluding hydrogens is 479 g/mol. The number of halogens is 2. The second-order valence-electron chi connectivity index (χ2n) is 7.96. The molecule has 0 aliphatic carbocycles. The van der Waals surface area contributed by atoms with E-state index in [1.54, 1.807) is 12.1 Å². The molecule has 2 aromatic carbocycles. The Morgan fingerprint density at radius 1 is 1.15 bits per heavy atom. The van der Waals surface area contributed by atoms with Crippen molar-refractivity contribution in [3.63, 3.8) is 0 Å². The highest BCUT2D eigenvalue weighted by molar-refractivity contribution is 6.46. The predicted molar refractivity (Wildman–Crippen MR) is 130 cm³/mol. The maximum Gasteiger partial charge on any atom is 0.296 e. The molecule has 2 heterocycles. The van der Waals surface area contributed by atoms with E-state index in [1.165, 1.54) is 30.4 Å². The van der Waals surface area contributed by atoms with E-state index in [2.05, 4.69) is 0 Å². The van der Waals surface area contributed by atoms with Crippen molar-refractivity contribution in [2.24, 2.45) is 0 Å². The third-order valence-electron chi connectivity index (χ3n) is 5.64. The third-order valence-corrected chi connectivity index (χ3v) is 6.14. The second kappa shape index (κ2) is 9.44. The van der Waals surface area contributed by atoms with Crippen LogP contribution in [0.5, 0.6) is 5.75 Å². The third kappa shape index (κ3) is 4.24. The van der Waals surface area contributed by atoms with Crippen molar-refractivity contribution >= 4 is 46.3 Å². The van der Waals surface area contributed by atoms with E-state index in [-0.39, 0.29) is 33.5 Å². The molecule has 1 N–H and O–H groups in total. The van der Waals surface area contributed by atoms with Gasteiger partial charge in [0.1, 0.15) is 17.3 Å². The summed E-state index contributed by atoms with van der Waals surface area (Å²) in [6, 6.07) is 12.8. The van der Waals surface area contributed by atoms with Crippen molar-refractivity contribution in [3.05, 3.63) is 87.3 Å². The maximum atomic E-state index is 13.2. The zero-order valence-corrected chi connectivity index (χ0v) is 20.2. The zero-order valence-electron chi connectivity index (χ0n) is 18.7. The van der Waals surface area contributed by atoms with E-state index in [4.69, 9.17) is 32.4 Å². The summed E-state index contributed by atoms with van der Waals surface area (Å²) in [5.41, 5.74) is 1.61. The van der Waals surface area contributed by atoms with Crippen LogP contribution in [0.2, 0.25) is 10.0 Å². The zero-order chi connectivity index (χ0) is 24.6. The molecule has 34 heavy (non-hydrogen) atoms. The van der Waals surface area contributed by atoms with E-state index >= 15 is 0 Å². The lowest BCUT2D eigenvalue weighted by Crippen LogP contribution is -2.29. The van der Waals surface area contributed by atoms with Gasteiger partial charge in [0, 0.05) is 24.8 Å². The minimum absolute atomic E-state index is 0.0435. The van der Waals surface area contributed by atoms with Gasteiger partial charge in [0.2, 0.25) is 0 Å². The summed E-state index contributed by atoms with van der Waals surface area (Å²) in [4.78, 5) is 29.7. The largest absolute Gasteiger partial charge is 0.507 e. The summed E-state index contributed by atoms with van der Waals surface area (Å²) in [6.07, 6.45) is 1.49. The van der Waals surface area contributed by atoms with Crippen LogP contribution in [-0.4, -0.2) is 42.9 Å². The van der Waals surface area contributed by atoms with Crippen molar-refractivity contribution in [3.8, 4) is 5.75 Å². The summed E-state index contributed by atoms with van der Waals surface area (Å²) in [5, 5.41) is 11.7. The van der Waals surface area contributed by atoms with E-state index in [9.17, 15) is 14.7 Å². The molecule has 3 aromatic rings. The Hall–Kier alpha value is -3.42. The number of rotatable bonds is 6. The highest BCUT2D eigenvalue weighted by Gasteiger charge is 2.46. The van der Waals surface area contributed by atoms with Crippen LogP contribution in [0.25, 0.3) is 5.76 Å². The number of likely N-dealkylation sites (tertiary alicyclic amines) is 1. The van der Waals surface area contributed by atoms with Gasteiger partial charge in [0.15, 0.2) is 0 Å². The molecule has 1 aromatic heterocycles. The number of carbonyl (C=O) groups is 2. The lowest BCUT2D eigenvalue weighted by molar-refractivity contribution is -0.140. The first-order valence-corrected chi connectivity index (χ1v) is 11.1. The molecule has 7 nitrogen and oxygen atoms in total. The molecule has 0 saturated carbocycles. The number of furan rings is 1. The molecule has 1 fully saturated rings. The quantitative estimate of drug-likeness (QED) is 0.281. The topological polar surface area (TPSA) is 83.2 Å². The highest BCUT2D eigenvalue weighted by Crippen LogP contribution is 2.44. The van der Waals surface area contributed by atoms with E-state index in [1.807, 2.05) is 43.3 Å². The van der Waals surface area contributed by atoms with Gasteiger partial charge in [0.05, 0.1) is 42.1 Å². The van der Waals surface area contributed by atoms with Crippen LogP contribution >= 0.6 is 23.2 Å². The molecule has 1 amide bonds. The number of hydrogen-bond acceptors (Lipinski definition) is 6. The monoisotopic (exact) mass is 500 g/mol. The molecule has 1 aliphatic heterocycles. The minimum atomic E-state index is -0.872. The van der Waals surface area contributed by atoms with Crippen LogP contribution < -0.4 is 9.64 Å². The highest BCUT2D eigenvalue weighted by atomic mass is 35.5. The van der Waals surface area contributed by atoms with Crippen LogP contribution in [0.3, 0.4) is 0 Å². The summed E-state index contributed by atoms with van der Waals surface area (Å²) in [7, 11) is 5.21. The van der Waals surface area contributed by atoms with Gasteiger partial charge in [-0.25, -0.2) is 0 Å². The normalized spacial score (nSPS) is 17.3. The Balaban J connectivity index is 1.92. The Kier molecular flexibility index (Phi) is 6.59. The number of ether oxygens (including phenoxy) is 1. The van der Waals surface area contributed by atoms with Crippen LogP contribution in [0.4, 0.5) is 5.69 Å². The van der Waals surface area contributed by atoms with Gasteiger partial charge >= 0.3 is 0 Å².